The van der Waals surface area contributed by atoms with Crippen LogP contribution >= 0.6 is 0 Å². The van der Waals surface area contributed by atoms with E-state index >= 15 is 0 Å². The highest BCUT2D eigenvalue weighted by atomic mass is 14.2. The molecule has 0 fully saturated rings. The molecule has 0 saturated carbocycles. The number of hydrogen-bond donors (Lipinski definition) is 0. The van der Waals surface area contributed by atoms with E-state index in [-0.39, 0.29) is 0 Å². The van der Waals surface area contributed by atoms with Gasteiger partial charge in [0.1, 0.15) is 0 Å². The molecule has 0 heterocycles. The molecule has 0 bridgehead atoms. The third-order valence-electron chi connectivity index (χ3n) is 2.34. The largest absolute Gasteiger partial charge is 0.0822 e. The van der Waals surface area contributed by atoms with Crippen molar-refractivity contribution in [1.29, 1.82) is 0 Å². The Hall–Kier alpha value is -0.260. The van der Waals surface area contributed by atoms with Crippen LogP contribution in [0, 0.1) is 11.8 Å². The van der Waals surface area contributed by atoms with Crippen LogP contribution < -0.4 is 0 Å². The molecule has 1 unspecified atom stereocenters. The summed E-state index contributed by atoms with van der Waals surface area (Å²) >= 11 is 0. The molecule has 9 heavy (non-hydrogen) atoms. The van der Waals surface area contributed by atoms with Crippen LogP contribution in [0.3, 0.4) is 0 Å². The first kappa shape index (κ1) is 6.85. The average molecular weight is 124 g/mol. The van der Waals surface area contributed by atoms with Gasteiger partial charge >= 0.3 is 0 Å². The van der Waals surface area contributed by atoms with Gasteiger partial charge in [-0.05, 0) is 31.6 Å². The molecule has 52 valence electrons. The first-order valence-electron chi connectivity index (χ1n) is 3.91. The van der Waals surface area contributed by atoms with Gasteiger partial charge in [-0.3, -0.25) is 0 Å². The quantitative estimate of drug-likeness (QED) is 0.471. The lowest BCUT2D eigenvalue weighted by Crippen LogP contribution is -2.00. The first-order valence-corrected chi connectivity index (χ1v) is 3.91. The number of hydrogen-bond acceptors (Lipinski definition) is 0. The van der Waals surface area contributed by atoms with Crippen LogP contribution in [0.5, 0.6) is 0 Å². The van der Waals surface area contributed by atoms with Crippen LogP contribution in [0.2, 0.25) is 0 Å². The lowest BCUT2D eigenvalue weighted by atomic mass is 9.95. The zero-order chi connectivity index (χ0) is 6.85. The molecule has 0 amide bonds. The van der Waals surface area contributed by atoms with E-state index in [9.17, 15) is 0 Å². The normalized spacial score (nSPS) is 34.8. The van der Waals surface area contributed by atoms with E-state index in [0.29, 0.717) is 0 Å². The van der Waals surface area contributed by atoms with Gasteiger partial charge < -0.3 is 0 Å². The molecule has 1 rings (SSSR count). The van der Waals surface area contributed by atoms with Crippen LogP contribution in [-0.2, 0) is 0 Å². The summed E-state index contributed by atoms with van der Waals surface area (Å²) in [6.07, 6.45) is 5.08. The van der Waals surface area contributed by atoms with Gasteiger partial charge in [0.15, 0.2) is 0 Å². The fraction of sp³-hybridized carbons (Fsp3) is 0.778. The van der Waals surface area contributed by atoms with Crippen LogP contribution in [0.25, 0.3) is 0 Å². The molecule has 0 aromatic carbocycles. The molecule has 0 radical (unpaired) electrons. The molecular weight excluding hydrogens is 108 g/mol. The second-order valence-corrected chi connectivity index (χ2v) is 3.27. The Morgan fingerprint density at radius 3 is 2.56 bits per heavy atom. The molecule has 0 aromatic rings. The summed E-state index contributed by atoms with van der Waals surface area (Å²) < 4.78 is 0. The van der Waals surface area contributed by atoms with Gasteiger partial charge in [0.25, 0.3) is 0 Å². The highest BCUT2D eigenvalue weighted by Crippen LogP contribution is 2.31. The first-order chi connectivity index (χ1) is 4.24. The fourth-order valence-electron chi connectivity index (χ4n) is 1.78. The maximum absolute atomic E-state index is 2.44. The Morgan fingerprint density at radius 1 is 1.67 bits per heavy atom. The van der Waals surface area contributed by atoms with Gasteiger partial charge in [-0.25, -0.2) is 0 Å². The van der Waals surface area contributed by atoms with E-state index in [1.54, 1.807) is 5.57 Å². The van der Waals surface area contributed by atoms with Crippen molar-refractivity contribution in [3.8, 4) is 0 Å². The highest BCUT2D eigenvalue weighted by molar-refractivity contribution is 5.10. The Morgan fingerprint density at radius 2 is 2.33 bits per heavy atom. The summed E-state index contributed by atoms with van der Waals surface area (Å²) in [6.45, 7) is 6.86. The summed E-state index contributed by atoms with van der Waals surface area (Å²) in [5, 5.41) is 0. The van der Waals surface area contributed by atoms with Gasteiger partial charge in [-0.15, -0.1) is 0 Å². The molecular formula is C9H16. The molecule has 0 aromatic heterocycles. The lowest BCUT2D eigenvalue weighted by molar-refractivity contribution is 0.448. The molecule has 1 aliphatic rings. The Bertz CT molecular complexity index is 122. The summed E-state index contributed by atoms with van der Waals surface area (Å²) in [7, 11) is 0. The monoisotopic (exact) mass is 124 g/mol. The Balaban J connectivity index is 2.53. The van der Waals surface area contributed by atoms with Crippen molar-refractivity contribution in [1.82, 2.24) is 0 Å². The van der Waals surface area contributed by atoms with Gasteiger partial charge in [-0.2, -0.15) is 0 Å². The van der Waals surface area contributed by atoms with Crippen molar-refractivity contribution in [2.75, 3.05) is 0 Å². The summed E-state index contributed by atoms with van der Waals surface area (Å²) in [4.78, 5) is 0. The van der Waals surface area contributed by atoms with Crippen molar-refractivity contribution >= 4 is 0 Å². The van der Waals surface area contributed by atoms with E-state index in [4.69, 9.17) is 0 Å². The standard InChI is InChI=1S/C9H16/c1-4-9-6-7(2)5-8(9)3/h6,8-9H,4-5H2,1-3H3/t8?,9-/m0/s1. The van der Waals surface area contributed by atoms with Gasteiger partial charge in [0.2, 0.25) is 0 Å². The predicted molar refractivity (Wildman–Crippen MR) is 41.3 cm³/mol. The second kappa shape index (κ2) is 2.55. The summed E-state index contributed by atoms with van der Waals surface area (Å²) in [5.74, 6) is 1.79. The van der Waals surface area contributed by atoms with E-state index in [1.165, 1.54) is 12.8 Å². The predicted octanol–water partition coefficient (Wildman–Crippen LogP) is 3.00. The topological polar surface area (TPSA) is 0 Å². The summed E-state index contributed by atoms with van der Waals surface area (Å²) in [5.41, 5.74) is 1.59. The van der Waals surface area contributed by atoms with Crippen LogP contribution in [0.15, 0.2) is 11.6 Å². The Kier molecular flexibility index (Phi) is 1.94. The minimum absolute atomic E-state index is 0.880. The lowest BCUT2D eigenvalue weighted by Gasteiger charge is -2.09. The van der Waals surface area contributed by atoms with Crippen molar-refractivity contribution in [2.45, 2.75) is 33.6 Å². The molecule has 0 aliphatic heterocycles. The number of allylic oxidation sites excluding steroid dienone is 2. The van der Waals surface area contributed by atoms with Crippen LogP contribution in [-0.4, -0.2) is 0 Å². The average Bonchev–Trinajstić information content (AvgIpc) is 2.10. The Labute approximate surface area is 58.0 Å². The second-order valence-electron chi connectivity index (χ2n) is 3.27. The molecule has 0 N–H and O–H groups in total. The highest BCUT2D eigenvalue weighted by Gasteiger charge is 2.19. The third kappa shape index (κ3) is 1.35. The van der Waals surface area contributed by atoms with E-state index < -0.39 is 0 Å². The zero-order valence-electron chi connectivity index (χ0n) is 6.65. The molecule has 0 saturated heterocycles. The molecule has 0 nitrogen and oxygen atoms in total. The minimum Gasteiger partial charge on any atom is -0.0822 e. The summed E-state index contributed by atoms with van der Waals surface area (Å²) in [6, 6.07) is 0. The van der Waals surface area contributed by atoms with Crippen molar-refractivity contribution in [2.24, 2.45) is 11.8 Å². The third-order valence-corrected chi connectivity index (χ3v) is 2.34. The minimum atomic E-state index is 0.880. The van der Waals surface area contributed by atoms with E-state index in [0.717, 1.165) is 11.8 Å². The van der Waals surface area contributed by atoms with Crippen molar-refractivity contribution in [3.63, 3.8) is 0 Å². The van der Waals surface area contributed by atoms with Crippen molar-refractivity contribution < 1.29 is 0 Å². The maximum Gasteiger partial charge on any atom is -0.0205 e. The SMILES string of the molecule is CC[C@H]1C=C(C)CC1C. The molecule has 0 spiro atoms. The zero-order valence-corrected chi connectivity index (χ0v) is 6.65. The van der Waals surface area contributed by atoms with E-state index in [2.05, 4.69) is 26.8 Å². The molecule has 2 atom stereocenters. The molecule has 0 heteroatoms. The maximum atomic E-state index is 2.44. The van der Waals surface area contributed by atoms with Crippen molar-refractivity contribution in [3.05, 3.63) is 11.6 Å². The van der Waals surface area contributed by atoms with Crippen LogP contribution in [0.4, 0.5) is 0 Å². The smallest absolute Gasteiger partial charge is 0.0205 e. The molecule has 1 aliphatic carbocycles. The number of rotatable bonds is 1. The van der Waals surface area contributed by atoms with Crippen LogP contribution in [0.1, 0.15) is 33.6 Å². The van der Waals surface area contributed by atoms with E-state index in [1.807, 2.05) is 0 Å². The van der Waals surface area contributed by atoms with Gasteiger partial charge in [0.05, 0.1) is 0 Å². The fourth-order valence-corrected chi connectivity index (χ4v) is 1.78. The van der Waals surface area contributed by atoms with Gasteiger partial charge in [0, 0.05) is 0 Å². The van der Waals surface area contributed by atoms with Gasteiger partial charge in [-0.1, -0.05) is 25.5 Å².